The van der Waals surface area contributed by atoms with E-state index in [1.807, 2.05) is 0 Å². The van der Waals surface area contributed by atoms with Crippen molar-refractivity contribution in [1.29, 1.82) is 0 Å². The van der Waals surface area contributed by atoms with Gasteiger partial charge in [-0.3, -0.25) is 14.4 Å². The van der Waals surface area contributed by atoms with Crippen LogP contribution in [0.15, 0.2) is 48.5 Å². The number of hydrogen-bond donors (Lipinski definition) is 3. The van der Waals surface area contributed by atoms with E-state index in [1.165, 1.54) is 24.3 Å². The van der Waals surface area contributed by atoms with Gasteiger partial charge in [0, 0.05) is 5.56 Å². The Kier molecular flexibility index (Phi) is 3.68. The molecule has 0 aromatic heterocycles. The monoisotopic (exact) mass is 396 g/mol. The van der Waals surface area contributed by atoms with E-state index in [2.05, 4.69) is 5.32 Å². The van der Waals surface area contributed by atoms with Crippen LogP contribution >= 0.6 is 0 Å². The van der Waals surface area contributed by atoms with Gasteiger partial charge in [-0.15, -0.1) is 0 Å². The van der Waals surface area contributed by atoms with Crippen LogP contribution in [0, 0.1) is 17.7 Å². The smallest absolute Gasteiger partial charge is 0.291 e. The number of imide groups is 1. The number of carbonyl (C=O) groups is 3. The van der Waals surface area contributed by atoms with Crippen molar-refractivity contribution in [1.82, 2.24) is 0 Å². The number of fused-ring (bicyclic) bond motifs is 4. The molecular formula is C21H19FN3O4+. The van der Waals surface area contributed by atoms with Gasteiger partial charge in [-0.05, 0) is 37.3 Å². The van der Waals surface area contributed by atoms with E-state index < -0.39 is 47.2 Å². The third-order valence-electron chi connectivity index (χ3n) is 6.35. The fraction of sp³-hybridized carbons (Fsp3) is 0.286. The van der Waals surface area contributed by atoms with E-state index in [4.69, 9.17) is 0 Å². The van der Waals surface area contributed by atoms with Crippen molar-refractivity contribution in [2.24, 2.45) is 11.8 Å². The van der Waals surface area contributed by atoms with E-state index in [1.54, 1.807) is 36.5 Å². The zero-order valence-corrected chi connectivity index (χ0v) is 15.5. The highest BCUT2D eigenvalue weighted by Gasteiger charge is 2.75. The standard InChI is InChI=1S/C21H18FN3O4/c1-10(26)17-15-16(19(28)25(18(15)27)12-8-6-11(22)7-9-12)21(24-17)13-4-2-3-5-14(13)23-20(21)29/h2-10,15-17,24,26H,1H3,(H,23,29)/p+1/t10-,15+,16-,17-,21+/m1/s1. The molecule has 3 heterocycles. The van der Waals surface area contributed by atoms with E-state index >= 15 is 0 Å². The first-order valence-corrected chi connectivity index (χ1v) is 9.44. The van der Waals surface area contributed by atoms with Gasteiger partial charge >= 0.3 is 0 Å². The van der Waals surface area contributed by atoms with Crippen molar-refractivity contribution >= 4 is 29.1 Å². The number of quaternary nitrogens is 1. The SMILES string of the molecule is C[C@@H](O)[C@H]1[NH2+][C@]2(C(=O)Nc3ccccc32)[C@H]2C(=O)N(c3ccc(F)cc3)C(=O)[C@H]12. The topological polar surface area (TPSA) is 103 Å². The molecule has 0 saturated carbocycles. The van der Waals surface area contributed by atoms with Gasteiger partial charge in [0.25, 0.3) is 5.91 Å². The van der Waals surface area contributed by atoms with Crippen molar-refractivity contribution in [2.75, 3.05) is 10.2 Å². The Balaban J connectivity index is 1.68. The average molecular weight is 396 g/mol. The van der Waals surface area contributed by atoms with Crippen LogP contribution in [0.5, 0.6) is 0 Å². The van der Waals surface area contributed by atoms with Gasteiger partial charge in [-0.25, -0.2) is 9.29 Å². The number of aliphatic hydroxyl groups excluding tert-OH is 1. The van der Waals surface area contributed by atoms with Crippen LogP contribution in [0.4, 0.5) is 15.8 Å². The van der Waals surface area contributed by atoms with E-state index in [-0.39, 0.29) is 11.6 Å². The molecule has 0 bridgehead atoms. The summed E-state index contributed by atoms with van der Waals surface area (Å²) in [5.74, 6) is -3.70. The summed E-state index contributed by atoms with van der Waals surface area (Å²) in [5.41, 5.74) is 0.149. The number of nitrogens with zero attached hydrogens (tertiary/aromatic N) is 1. The number of anilines is 2. The first kappa shape index (κ1) is 18.0. The quantitative estimate of drug-likeness (QED) is 0.627. The van der Waals surface area contributed by atoms with Gasteiger partial charge in [0.2, 0.25) is 17.4 Å². The number of nitrogens with one attached hydrogen (secondary N) is 1. The van der Waals surface area contributed by atoms with Crippen LogP contribution in [0.2, 0.25) is 0 Å². The first-order valence-electron chi connectivity index (χ1n) is 9.44. The predicted molar refractivity (Wildman–Crippen MR) is 100 cm³/mol. The zero-order chi connectivity index (χ0) is 20.5. The van der Waals surface area contributed by atoms with Crippen molar-refractivity contribution in [3.05, 3.63) is 59.9 Å². The molecule has 3 amide bonds. The molecule has 29 heavy (non-hydrogen) atoms. The molecule has 0 unspecified atom stereocenters. The summed E-state index contributed by atoms with van der Waals surface area (Å²) in [4.78, 5) is 41.0. The largest absolute Gasteiger partial charge is 0.387 e. The second-order valence-corrected chi connectivity index (χ2v) is 7.85. The third kappa shape index (κ3) is 2.21. The molecule has 2 saturated heterocycles. The highest BCUT2D eigenvalue weighted by atomic mass is 19.1. The number of aliphatic hydroxyl groups is 1. The number of benzene rings is 2. The number of carbonyl (C=O) groups excluding carboxylic acids is 3. The second kappa shape index (κ2) is 5.95. The third-order valence-corrected chi connectivity index (χ3v) is 6.35. The van der Waals surface area contributed by atoms with E-state index in [0.29, 0.717) is 11.3 Å². The fourth-order valence-electron chi connectivity index (χ4n) is 5.13. The van der Waals surface area contributed by atoms with Crippen molar-refractivity contribution < 1.29 is 29.2 Å². The van der Waals surface area contributed by atoms with E-state index in [0.717, 1.165) is 4.90 Å². The number of nitrogens with two attached hydrogens (primary N) is 1. The van der Waals surface area contributed by atoms with Crippen molar-refractivity contribution in [2.45, 2.75) is 24.6 Å². The summed E-state index contributed by atoms with van der Waals surface area (Å²) >= 11 is 0. The molecule has 3 aliphatic rings. The van der Waals surface area contributed by atoms with Crippen LogP contribution in [0.25, 0.3) is 0 Å². The minimum atomic E-state index is -1.33. The van der Waals surface area contributed by atoms with Crippen LogP contribution < -0.4 is 15.5 Å². The lowest BCUT2D eigenvalue weighted by atomic mass is 9.76. The van der Waals surface area contributed by atoms with Gasteiger partial charge < -0.3 is 15.7 Å². The van der Waals surface area contributed by atoms with Crippen LogP contribution in [0.1, 0.15) is 12.5 Å². The summed E-state index contributed by atoms with van der Waals surface area (Å²) in [6.45, 7) is 1.55. The van der Waals surface area contributed by atoms with Crippen LogP contribution in [-0.2, 0) is 19.9 Å². The number of para-hydroxylation sites is 1. The minimum absolute atomic E-state index is 0.252. The van der Waals surface area contributed by atoms with Gasteiger partial charge in [-0.1, -0.05) is 18.2 Å². The molecule has 4 N–H and O–H groups in total. The van der Waals surface area contributed by atoms with Gasteiger partial charge in [-0.2, -0.15) is 0 Å². The van der Waals surface area contributed by atoms with Gasteiger partial charge in [0.1, 0.15) is 29.8 Å². The Hall–Kier alpha value is -3.10. The number of amides is 3. The molecule has 8 heteroatoms. The Morgan fingerprint density at radius 1 is 1.10 bits per heavy atom. The lowest BCUT2D eigenvalue weighted by Crippen LogP contribution is -3.00. The molecule has 0 radical (unpaired) electrons. The molecule has 7 nitrogen and oxygen atoms in total. The summed E-state index contributed by atoms with van der Waals surface area (Å²) < 4.78 is 13.3. The summed E-state index contributed by atoms with van der Waals surface area (Å²) in [6, 6.07) is 11.5. The Morgan fingerprint density at radius 3 is 2.48 bits per heavy atom. The molecule has 0 aliphatic carbocycles. The molecule has 3 aliphatic heterocycles. The van der Waals surface area contributed by atoms with Crippen LogP contribution in [-0.4, -0.2) is 35.0 Å². The average Bonchev–Trinajstić information content (AvgIpc) is 3.28. The molecule has 5 atom stereocenters. The summed E-state index contributed by atoms with van der Waals surface area (Å²) in [7, 11) is 0. The van der Waals surface area contributed by atoms with Gasteiger partial charge in [0.15, 0.2) is 0 Å². The maximum atomic E-state index is 13.5. The van der Waals surface area contributed by atoms with Gasteiger partial charge in [0.05, 0.1) is 11.4 Å². The fourth-order valence-corrected chi connectivity index (χ4v) is 5.13. The predicted octanol–water partition coefficient (Wildman–Crippen LogP) is 0.105. The molecule has 2 fully saturated rings. The number of rotatable bonds is 2. The normalized spacial score (nSPS) is 31.2. The lowest BCUT2D eigenvalue weighted by Gasteiger charge is -2.27. The minimum Gasteiger partial charge on any atom is -0.387 e. The Morgan fingerprint density at radius 2 is 1.79 bits per heavy atom. The maximum absolute atomic E-state index is 13.5. The highest BCUT2D eigenvalue weighted by molar-refractivity contribution is 6.25. The van der Waals surface area contributed by atoms with E-state index in [9.17, 15) is 23.9 Å². The molecule has 148 valence electrons. The summed E-state index contributed by atoms with van der Waals surface area (Å²) in [6.07, 6.45) is -0.924. The number of halogens is 1. The second-order valence-electron chi connectivity index (χ2n) is 7.85. The Labute approximate surface area is 165 Å². The zero-order valence-electron chi connectivity index (χ0n) is 15.5. The maximum Gasteiger partial charge on any atom is 0.291 e. The van der Waals surface area contributed by atoms with Crippen LogP contribution in [0.3, 0.4) is 0 Å². The molecule has 2 aromatic rings. The van der Waals surface area contributed by atoms with Crippen molar-refractivity contribution in [3.63, 3.8) is 0 Å². The molecule has 1 spiro atoms. The Bertz CT molecular complexity index is 1050. The lowest BCUT2D eigenvalue weighted by molar-refractivity contribution is -0.738. The number of hydrogen-bond acceptors (Lipinski definition) is 4. The highest BCUT2D eigenvalue weighted by Crippen LogP contribution is 2.50. The molecular weight excluding hydrogens is 377 g/mol. The molecule has 5 rings (SSSR count). The molecule has 2 aromatic carbocycles. The first-order chi connectivity index (χ1) is 13.9. The summed E-state index contributed by atoms with van der Waals surface area (Å²) in [5, 5.41) is 14.9. The van der Waals surface area contributed by atoms with Crippen molar-refractivity contribution in [3.8, 4) is 0 Å².